The number of anilines is 1. The van der Waals surface area contributed by atoms with Gasteiger partial charge < -0.3 is 4.74 Å². The van der Waals surface area contributed by atoms with Crippen LogP contribution in [0.4, 0.5) is 27.6 Å². The van der Waals surface area contributed by atoms with E-state index in [0.717, 1.165) is 17.7 Å². The maximum atomic E-state index is 13.2. The molecule has 0 saturated heterocycles. The first-order valence-electron chi connectivity index (χ1n) is 9.29. The Balaban J connectivity index is 1.90. The molecule has 0 bridgehead atoms. The van der Waals surface area contributed by atoms with Crippen LogP contribution in [-0.4, -0.2) is 12.3 Å². The highest BCUT2D eigenvalue weighted by atomic mass is 19.4. The molecule has 164 valence electrons. The highest BCUT2D eigenvalue weighted by Gasteiger charge is 2.30. The predicted molar refractivity (Wildman–Crippen MR) is 110 cm³/mol. The first-order valence-corrected chi connectivity index (χ1v) is 9.29. The summed E-state index contributed by atoms with van der Waals surface area (Å²) in [5, 5.41) is 13.2. The maximum Gasteiger partial charge on any atom is 0.416 e. The normalized spacial score (nSPS) is 11.8. The Morgan fingerprint density at radius 1 is 1.00 bits per heavy atom. The SMILES string of the molecule is N#Cc1ccc(C/C(=N\Nc2ccc(OC(F)F)cc2)c2cccc(C(F)(F)F)c2)cc1. The Labute approximate surface area is 180 Å². The highest BCUT2D eigenvalue weighted by molar-refractivity contribution is 6.02. The molecule has 0 saturated carbocycles. The van der Waals surface area contributed by atoms with E-state index in [1.165, 1.54) is 36.4 Å². The van der Waals surface area contributed by atoms with Gasteiger partial charge >= 0.3 is 12.8 Å². The van der Waals surface area contributed by atoms with Gasteiger partial charge in [-0.1, -0.05) is 24.3 Å². The summed E-state index contributed by atoms with van der Waals surface area (Å²) in [4.78, 5) is 0. The second kappa shape index (κ2) is 9.92. The monoisotopic (exact) mass is 445 g/mol. The van der Waals surface area contributed by atoms with Gasteiger partial charge in [-0.05, 0) is 59.7 Å². The quantitative estimate of drug-likeness (QED) is 0.266. The summed E-state index contributed by atoms with van der Waals surface area (Å²) in [6.07, 6.45) is -4.32. The minimum Gasteiger partial charge on any atom is -0.435 e. The van der Waals surface area contributed by atoms with Gasteiger partial charge in [0.2, 0.25) is 0 Å². The lowest BCUT2D eigenvalue weighted by molar-refractivity contribution is -0.137. The fourth-order valence-corrected chi connectivity index (χ4v) is 2.81. The standard InChI is InChI=1S/C23H16F5N3O/c24-22(25)32-20-10-8-19(9-11-20)30-31-21(12-15-4-6-16(14-29)7-5-15)17-2-1-3-18(13-17)23(26,27)28/h1-11,13,22,30H,12H2/b31-21+. The van der Waals surface area contributed by atoms with Gasteiger partial charge in [-0.2, -0.15) is 32.3 Å². The van der Waals surface area contributed by atoms with Crippen molar-refractivity contribution in [3.8, 4) is 11.8 Å². The molecule has 0 heterocycles. The summed E-state index contributed by atoms with van der Waals surface area (Å²) in [5.41, 5.74) is 4.12. The van der Waals surface area contributed by atoms with Crippen LogP contribution >= 0.6 is 0 Å². The van der Waals surface area contributed by atoms with E-state index in [0.29, 0.717) is 17.0 Å². The van der Waals surface area contributed by atoms with Crippen molar-refractivity contribution in [3.63, 3.8) is 0 Å². The van der Waals surface area contributed by atoms with Crippen molar-refractivity contribution in [3.05, 3.63) is 95.1 Å². The van der Waals surface area contributed by atoms with Crippen LogP contribution in [-0.2, 0) is 12.6 Å². The second-order valence-electron chi connectivity index (χ2n) is 6.64. The molecule has 0 unspecified atom stereocenters. The van der Waals surface area contributed by atoms with Crippen LogP contribution < -0.4 is 10.2 Å². The number of halogens is 5. The summed E-state index contributed by atoms with van der Waals surface area (Å²) in [5.74, 6) is -0.0368. The molecule has 0 aliphatic carbocycles. The van der Waals surface area contributed by atoms with Gasteiger partial charge in [0.1, 0.15) is 5.75 Å². The summed E-state index contributed by atoms with van der Waals surface area (Å²) >= 11 is 0. The number of nitriles is 1. The first-order chi connectivity index (χ1) is 15.2. The molecule has 0 atom stereocenters. The van der Waals surface area contributed by atoms with Crippen molar-refractivity contribution < 1.29 is 26.7 Å². The van der Waals surface area contributed by atoms with Crippen LogP contribution in [0.5, 0.6) is 5.75 Å². The van der Waals surface area contributed by atoms with E-state index in [9.17, 15) is 22.0 Å². The molecule has 9 heteroatoms. The zero-order valence-corrected chi connectivity index (χ0v) is 16.4. The van der Waals surface area contributed by atoms with E-state index in [4.69, 9.17) is 5.26 Å². The molecule has 3 rings (SSSR count). The highest BCUT2D eigenvalue weighted by Crippen LogP contribution is 2.30. The first kappa shape index (κ1) is 22.7. The third kappa shape index (κ3) is 6.28. The number of hydrogen-bond acceptors (Lipinski definition) is 4. The number of nitrogens with zero attached hydrogens (tertiary/aromatic N) is 2. The molecule has 4 nitrogen and oxygen atoms in total. The predicted octanol–water partition coefficient (Wildman–Crippen LogP) is 6.24. The molecule has 0 aliphatic rings. The van der Waals surface area contributed by atoms with Crippen LogP contribution in [0, 0.1) is 11.3 Å². The summed E-state index contributed by atoms with van der Waals surface area (Å²) in [6, 6.07) is 18.9. The molecular formula is C23H16F5N3O. The fraction of sp³-hybridized carbons (Fsp3) is 0.130. The number of ether oxygens (including phenoxy) is 1. The fourth-order valence-electron chi connectivity index (χ4n) is 2.81. The maximum absolute atomic E-state index is 13.2. The average Bonchev–Trinajstić information content (AvgIpc) is 2.77. The number of alkyl halides is 5. The van der Waals surface area contributed by atoms with E-state index >= 15 is 0 Å². The number of hydrogen-bond donors (Lipinski definition) is 1. The largest absolute Gasteiger partial charge is 0.435 e. The molecule has 0 aromatic heterocycles. The minimum absolute atomic E-state index is 0.0368. The van der Waals surface area contributed by atoms with Gasteiger partial charge in [0, 0.05) is 6.42 Å². The van der Waals surface area contributed by atoms with Crippen molar-refractivity contribution in [2.24, 2.45) is 5.10 Å². The smallest absolute Gasteiger partial charge is 0.416 e. The molecule has 3 aromatic rings. The van der Waals surface area contributed by atoms with Gasteiger partial charge in [0.25, 0.3) is 0 Å². The lowest BCUT2D eigenvalue weighted by atomic mass is 9.99. The molecular weight excluding hydrogens is 429 g/mol. The van der Waals surface area contributed by atoms with E-state index in [1.807, 2.05) is 6.07 Å². The molecule has 1 N–H and O–H groups in total. The average molecular weight is 445 g/mol. The third-order valence-corrected chi connectivity index (χ3v) is 4.38. The molecule has 0 spiro atoms. The Kier molecular flexibility index (Phi) is 7.05. The van der Waals surface area contributed by atoms with E-state index in [1.54, 1.807) is 24.3 Å². The third-order valence-electron chi connectivity index (χ3n) is 4.38. The zero-order chi connectivity index (χ0) is 23.1. The van der Waals surface area contributed by atoms with Gasteiger partial charge in [-0.3, -0.25) is 5.43 Å². The number of benzene rings is 3. The molecule has 32 heavy (non-hydrogen) atoms. The second-order valence-corrected chi connectivity index (χ2v) is 6.64. The number of nitrogens with one attached hydrogen (secondary N) is 1. The van der Waals surface area contributed by atoms with Crippen LogP contribution in [0.1, 0.15) is 22.3 Å². The van der Waals surface area contributed by atoms with Gasteiger partial charge in [-0.25, -0.2) is 0 Å². The molecule has 0 fully saturated rings. The molecule has 0 radical (unpaired) electrons. The van der Waals surface area contributed by atoms with E-state index in [-0.39, 0.29) is 17.7 Å². The minimum atomic E-state index is -4.51. The summed E-state index contributed by atoms with van der Waals surface area (Å²) < 4.78 is 68.3. The summed E-state index contributed by atoms with van der Waals surface area (Å²) in [6.45, 7) is -2.95. The molecule has 3 aromatic carbocycles. The Morgan fingerprint density at radius 2 is 1.69 bits per heavy atom. The van der Waals surface area contributed by atoms with Crippen LogP contribution in [0.15, 0.2) is 77.9 Å². The van der Waals surface area contributed by atoms with Crippen LogP contribution in [0.3, 0.4) is 0 Å². The van der Waals surface area contributed by atoms with Crippen molar-refractivity contribution in [1.82, 2.24) is 0 Å². The Bertz CT molecular complexity index is 1120. The Morgan fingerprint density at radius 3 is 2.28 bits per heavy atom. The van der Waals surface area contributed by atoms with Crippen molar-refractivity contribution in [2.45, 2.75) is 19.2 Å². The lowest BCUT2D eigenvalue weighted by Crippen LogP contribution is -2.11. The van der Waals surface area contributed by atoms with Crippen molar-refractivity contribution in [1.29, 1.82) is 5.26 Å². The van der Waals surface area contributed by atoms with Crippen molar-refractivity contribution in [2.75, 3.05) is 5.43 Å². The van der Waals surface area contributed by atoms with Crippen molar-refractivity contribution >= 4 is 11.4 Å². The van der Waals surface area contributed by atoms with Crippen LogP contribution in [0.25, 0.3) is 0 Å². The van der Waals surface area contributed by atoms with E-state index in [2.05, 4.69) is 15.3 Å². The van der Waals surface area contributed by atoms with Gasteiger partial charge in [0.05, 0.1) is 28.6 Å². The molecule has 0 amide bonds. The number of rotatable bonds is 7. The lowest BCUT2D eigenvalue weighted by Gasteiger charge is -2.12. The Hall–Kier alpha value is -3.93. The van der Waals surface area contributed by atoms with Gasteiger partial charge in [0.15, 0.2) is 0 Å². The topological polar surface area (TPSA) is 57.4 Å². The summed E-state index contributed by atoms with van der Waals surface area (Å²) in [7, 11) is 0. The van der Waals surface area contributed by atoms with Crippen LogP contribution in [0.2, 0.25) is 0 Å². The number of hydrazone groups is 1. The zero-order valence-electron chi connectivity index (χ0n) is 16.4. The van der Waals surface area contributed by atoms with Gasteiger partial charge in [-0.15, -0.1) is 0 Å². The molecule has 0 aliphatic heterocycles. The van der Waals surface area contributed by atoms with E-state index < -0.39 is 18.4 Å².